The summed E-state index contributed by atoms with van der Waals surface area (Å²) in [5.74, 6) is 0.290. The van der Waals surface area contributed by atoms with Crippen molar-refractivity contribution in [3.8, 4) is 5.75 Å². The van der Waals surface area contributed by atoms with Crippen LogP contribution in [0.1, 0.15) is 17.8 Å². The van der Waals surface area contributed by atoms with Crippen LogP contribution in [0, 0.1) is 5.82 Å². The molecule has 0 saturated carbocycles. The van der Waals surface area contributed by atoms with Gasteiger partial charge < -0.3 is 15.8 Å². The molecule has 0 radical (unpaired) electrons. The smallest absolute Gasteiger partial charge is 0.148 e. The fourth-order valence-corrected chi connectivity index (χ4v) is 2.41. The van der Waals surface area contributed by atoms with Crippen molar-refractivity contribution < 1.29 is 9.13 Å². The number of aromatic nitrogens is 1. The molecule has 0 aliphatic rings. The van der Waals surface area contributed by atoms with Crippen LogP contribution in [0.25, 0.3) is 0 Å². The van der Waals surface area contributed by atoms with E-state index in [-0.39, 0.29) is 11.7 Å². The van der Waals surface area contributed by atoms with Crippen molar-refractivity contribution in [2.24, 2.45) is 0 Å². The summed E-state index contributed by atoms with van der Waals surface area (Å²) in [6, 6.07) is 2.83. The maximum Gasteiger partial charge on any atom is 0.148 e. The second-order valence-corrected chi connectivity index (χ2v) is 5.15. The van der Waals surface area contributed by atoms with Crippen molar-refractivity contribution >= 4 is 22.7 Å². The molecule has 0 aliphatic carbocycles. The Balaban J connectivity index is 2.07. The van der Waals surface area contributed by atoms with E-state index >= 15 is 0 Å². The van der Waals surface area contributed by atoms with Crippen LogP contribution in [0.4, 0.5) is 15.8 Å². The van der Waals surface area contributed by atoms with Crippen LogP contribution >= 0.6 is 11.3 Å². The third-order valence-electron chi connectivity index (χ3n) is 2.79. The minimum atomic E-state index is -0.385. The van der Waals surface area contributed by atoms with Crippen molar-refractivity contribution in [2.75, 3.05) is 24.7 Å². The highest BCUT2D eigenvalue weighted by molar-refractivity contribution is 7.09. The Hall–Kier alpha value is -1.82. The first-order valence-corrected chi connectivity index (χ1v) is 6.76. The van der Waals surface area contributed by atoms with Crippen LogP contribution in [0.2, 0.25) is 0 Å². The van der Waals surface area contributed by atoms with Crippen molar-refractivity contribution in [3.05, 3.63) is 34.5 Å². The van der Waals surface area contributed by atoms with E-state index in [1.54, 1.807) is 23.6 Å². The lowest BCUT2D eigenvalue weighted by atomic mass is 10.2. The topological polar surface area (TPSA) is 60.2 Å². The average Bonchev–Trinajstić information content (AvgIpc) is 2.91. The molecule has 1 aromatic carbocycles. The van der Waals surface area contributed by atoms with Crippen molar-refractivity contribution in [1.29, 1.82) is 0 Å². The van der Waals surface area contributed by atoms with Gasteiger partial charge in [-0.3, -0.25) is 0 Å². The molecule has 0 aliphatic heterocycles. The number of anilines is 2. The Morgan fingerprint density at radius 2 is 2.32 bits per heavy atom. The highest BCUT2D eigenvalue weighted by Crippen LogP contribution is 2.29. The molecular weight excluding hydrogens is 265 g/mol. The lowest BCUT2D eigenvalue weighted by Crippen LogP contribution is -2.11. The molecule has 1 unspecified atom stereocenters. The first-order valence-electron chi connectivity index (χ1n) is 5.88. The number of halogens is 1. The number of thiazole rings is 1. The van der Waals surface area contributed by atoms with Gasteiger partial charge in [0.15, 0.2) is 0 Å². The first-order chi connectivity index (χ1) is 9.11. The van der Waals surface area contributed by atoms with Gasteiger partial charge in [-0.05, 0) is 0 Å². The van der Waals surface area contributed by atoms with Gasteiger partial charge in [0.05, 0.1) is 23.5 Å². The number of rotatable bonds is 5. The van der Waals surface area contributed by atoms with Crippen LogP contribution < -0.4 is 15.8 Å². The molecule has 6 heteroatoms. The predicted molar refractivity (Wildman–Crippen MR) is 76.4 cm³/mol. The highest BCUT2D eigenvalue weighted by Gasteiger charge is 2.11. The summed E-state index contributed by atoms with van der Waals surface area (Å²) >= 11 is 1.59. The Morgan fingerprint density at radius 3 is 2.95 bits per heavy atom. The molecule has 0 amide bonds. The van der Waals surface area contributed by atoms with Gasteiger partial charge in [-0.25, -0.2) is 9.37 Å². The van der Waals surface area contributed by atoms with Gasteiger partial charge >= 0.3 is 0 Å². The summed E-state index contributed by atoms with van der Waals surface area (Å²) < 4.78 is 18.8. The Morgan fingerprint density at radius 1 is 1.53 bits per heavy atom. The average molecular weight is 281 g/mol. The maximum absolute atomic E-state index is 13.7. The Bertz CT molecular complexity index is 545. The predicted octanol–water partition coefficient (Wildman–Crippen LogP) is 3.09. The first kappa shape index (κ1) is 13.6. The quantitative estimate of drug-likeness (QED) is 0.827. The van der Waals surface area contributed by atoms with Gasteiger partial charge in [-0.1, -0.05) is 6.92 Å². The zero-order chi connectivity index (χ0) is 13.8. The summed E-state index contributed by atoms with van der Waals surface area (Å²) in [7, 11) is 1.51. The molecule has 2 aromatic rings. The number of nitrogens with two attached hydrogens (primary N) is 1. The summed E-state index contributed by atoms with van der Waals surface area (Å²) in [5.41, 5.74) is 6.31. The minimum absolute atomic E-state index is 0.211. The number of nitrogen functional groups attached to an aromatic ring is 1. The fourth-order valence-electron chi connectivity index (χ4n) is 1.71. The molecule has 1 atom stereocenters. The monoisotopic (exact) mass is 281 g/mol. The van der Waals surface area contributed by atoms with E-state index in [1.807, 2.05) is 12.3 Å². The fraction of sp³-hybridized carbons (Fsp3) is 0.308. The van der Waals surface area contributed by atoms with Gasteiger partial charge in [0.1, 0.15) is 11.6 Å². The molecule has 0 fully saturated rings. The molecule has 102 valence electrons. The minimum Gasteiger partial charge on any atom is -0.495 e. The summed E-state index contributed by atoms with van der Waals surface area (Å²) in [4.78, 5) is 4.24. The van der Waals surface area contributed by atoms with E-state index in [0.717, 1.165) is 5.01 Å². The second-order valence-electron chi connectivity index (χ2n) is 4.23. The molecule has 0 saturated heterocycles. The van der Waals surface area contributed by atoms with E-state index in [4.69, 9.17) is 10.5 Å². The summed E-state index contributed by atoms with van der Waals surface area (Å²) in [5, 5.41) is 6.01. The molecule has 1 heterocycles. The standard InChI is InChI=1S/C13H16FN3OS/c1-8(13-16-3-4-19-13)7-17-11-6-12(18-2)10(15)5-9(11)14/h3-6,8,17H,7,15H2,1-2H3. The maximum atomic E-state index is 13.7. The van der Waals surface area contributed by atoms with Crippen LogP contribution in [0.15, 0.2) is 23.7 Å². The van der Waals surface area contributed by atoms with Crippen LogP contribution in [-0.4, -0.2) is 18.6 Å². The van der Waals surface area contributed by atoms with Crippen LogP contribution in [0.3, 0.4) is 0 Å². The van der Waals surface area contributed by atoms with Gasteiger partial charge in [-0.2, -0.15) is 0 Å². The molecule has 4 nitrogen and oxygen atoms in total. The highest BCUT2D eigenvalue weighted by atomic mass is 32.1. The van der Waals surface area contributed by atoms with E-state index < -0.39 is 0 Å². The number of nitrogens with one attached hydrogen (secondary N) is 1. The van der Waals surface area contributed by atoms with Gasteiger partial charge in [0.25, 0.3) is 0 Å². The van der Waals surface area contributed by atoms with Gasteiger partial charge in [0, 0.05) is 36.2 Å². The lowest BCUT2D eigenvalue weighted by molar-refractivity contribution is 0.416. The number of hydrogen-bond donors (Lipinski definition) is 2. The zero-order valence-electron chi connectivity index (χ0n) is 10.8. The van der Waals surface area contributed by atoms with Crippen molar-refractivity contribution in [2.45, 2.75) is 12.8 Å². The SMILES string of the molecule is COc1cc(NCC(C)c2nccs2)c(F)cc1N. The van der Waals surface area contributed by atoms with Gasteiger partial charge in [0.2, 0.25) is 0 Å². The summed E-state index contributed by atoms with van der Waals surface area (Å²) in [6.45, 7) is 2.63. The van der Waals surface area contributed by atoms with Crippen molar-refractivity contribution in [1.82, 2.24) is 4.98 Å². The lowest BCUT2D eigenvalue weighted by Gasteiger charge is -2.14. The van der Waals surface area contributed by atoms with E-state index in [2.05, 4.69) is 10.3 Å². The number of hydrogen-bond acceptors (Lipinski definition) is 5. The molecule has 19 heavy (non-hydrogen) atoms. The molecule has 0 spiro atoms. The summed E-state index contributed by atoms with van der Waals surface area (Å²) in [6.07, 6.45) is 1.77. The van der Waals surface area contributed by atoms with E-state index in [0.29, 0.717) is 23.7 Å². The number of ether oxygens (including phenoxy) is 1. The molecular formula is C13H16FN3OS. The third-order valence-corrected chi connectivity index (χ3v) is 3.80. The third kappa shape index (κ3) is 3.14. The largest absolute Gasteiger partial charge is 0.495 e. The van der Waals surface area contributed by atoms with E-state index in [1.165, 1.54) is 13.2 Å². The number of benzene rings is 1. The van der Waals surface area contributed by atoms with Gasteiger partial charge in [-0.15, -0.1) is 11.3 Å². The number of methoxy groups -OCH3 is 1. The zero-order valence-corrected chi connectivity index (χ0v) is 11.6. The van der Waals surface area contributed by atoms with Crippen LogP contribution in [-0.2, 0) is 0 Å². The van der Waals surface area contributed by atoms with E-state index in [9.17, 15) is 4.39 Å². The molecule has 0 bridgehead atoms. The molecule has 2 rings (SSSR count). The molecule has 1 aromatic heterocycles. The van der Waals surface area contributed by atoms with Crippen LogP contribution in [0.5, 0.6) is 5.75 Å². The number of nitrogens with zero attached hydrogens (tertiary/aromatic N) is 1. The van der Waals surface area contributed by atoms with Crippen molar-refractivity contribution in [3.63, 3.8) is 0 Å². The Kier molecular flexibility index (Phi) is 4.21. The molecule has 3 N–H and O–H groups in total. The second kappa shape index (κ2) is 5.88. The Labute approximate surface area is 115 Å². The normalized spacial score (nSPS) is 12.2.